The minimum Gasteiger partial charge on any atom is -0.394 e. The topological polar surface area (TPSA) is 189 Å². The first-order valence-electron chi connectivity index (χ1n) is 23.4. The van der Waals surface area contributed by atoms with Gasteiger partial charge in [0.25, 0.3) is 0 Å². The molecule has 340 valence electrons. The van der Waals surface area contributed by atoms with Crippen molar-refractivity contribution >= 4 is 5.91 Å². The summed E-state index contributed by atoms with van der Waals surface area (Å²) in [6.45, 7) is 3.39. The maximum absolute atomic E-state index is 13.1. The quantitative estimate of drug-likeness (QED) is 0.0227. The number of aliphatic hydroxyl groups excluding tert-OH is 7. The number of hydrogen-bond donors (Lipinski definition) is 8. The van der Waals surface area contributed by atoms with Crippen LogP contribution in [0.2, 0.25) is 0 Å². The molecule has 9 atom stereocenters. The van der Waals surface area contributed by atoms with Crippen LogP contribution in [0.1, 0.15) is 187 Å². The highest BCUT2D eigenvalue weighted by Gasteiger charge is 2.44. The van der Waals surface area contributed by atoms with Gasteiger partial charge in [-0.05, 0) is 64.2 Å². The lowest BCUT2D eigenvalue weighted by molar-refractivity contribution is -0.303. The highest BCUT2D eigenvalue weighted by Crippen LogP contribution is 2.23. The third-order valence-electron chi connectivity index (χ3n) is 11.2. The van der Waals surface area contributed by atoms with Gasteiger partial charge in [0.05, 0.1) is 25.4 Å². The summed E-state index contributed by atoms with van der Waals surface area (Å²) in [4.78, 5) is 13.1. The summed E-state index contributed by atoms with van der Waals surface area (Å²) in [6.07, 6.45) is 30.4. The predicted molar refractivity (Wildman–Crippen MR) is 233 cm³/mol. The van der Waals surface area contributed by atoms with Crippen LogP contribution < -0.4 is 5.32 Å². The minimum atomic E-state index is -1.67. The standard InChI is InChI=1S/C47H87NO10/c1-3-5-7-9-11-13-15-17-19-20-21-23-24-26-28-30-32-34-39(50)42(52)38(37-57-47-45(55)44(54)43(53)41(36-49)58-47)48-46(56)40(51)35-33-31-29-27-25-22-18-16-14-12-10-8-6-4-2/h13,15,20-21,26,28,38-45,47,49-55H,3-12,14,16-19,22-25,27,29-37H2,1-2H3,(H,48,56)/b15-13+,21-20+,28-26+. The second kappa shape index (κ2) is 37.1. The Morgan fingerprint density at radius 2 is 1.03 bits per heavy atom. The fourth-order valence-electron chi connectivity index (χ4n) is 7.24. The Morgan fingerprint density at radius 1 is 0.586 bits per heavy atom. The van der Waals surface area contributed by atoms with Crippen molar-refractivity contribution < 1.29 is 50.0 Å². The molecule has 0 saturated carbocycles. The van der Waals surface area contributed by atoms with Gasteiger partial charge in [0, 0.05) is 0 Å². The molecule has 0 bridgehead atoms. The molecule has 0 aromatic carbocycles. The highest BCUT2D eigenvalue weighted by molar-refractivity contribution is 5.80. The number of hydrogen-bond acceptors (Lipinski definition) is 10. The van der Waals surface area contributed by atoms with E-state index in [1.165, 1.54) is 96.3 Å². The van der Waals surface area contributed by atoms with Crippen LogP contribution in [0.25, 0.3) is 0 Å². The molecule has 58 heavy (non-hydrogen) atoms. The molecule has 0 aromatic heterocycles. The monoisotopic (exact) mass is 826 g/mol. The van der Waals surface area contributed by atoms with E-state index in [1.54, 1.807) is 0 Å². The summed E-state index contributed by atoms with van der Waals surface area (Å²) < 4.78 is 11.1. The first-order valence-corrected chi connectivity index (χ1v) is 23.4. The van der Waals surface area contributed by atoms with Crippen molar-refractivity contribution in [2.24, 2.45) is 0 Å². The van der Waals surface area contributed by atoms with E-state index in [2.05, 4.69) is 55.6 Å². The number of unbranched alkanes of at least 4 members (excludes halogenated alkanes) is 20. The zero-order valence-electron chi connectivity index (χ0n) is 36.5. The van der Waals surface area contributed by atoms with Crippen molar-refractivity contribution in [2.45, 2.75) is 242 Å². The van der Waals surface area contributed by atoms with Gasteiger partial charge >= 0.3 is 0 Å². The summed E-state index contributed by atoms with van der Waals surface area (Å²) in [5.74, 6) is -0.713. The smallest absolute Gasteiger partial charge is 0.249 e. The van der Waals surface area contributed by atoms with Crippen LogP contribution in [-0.4, -0.2) is 110 Å². The van der Waals surface area contributed by atoms with Gasteiger partial charge < -0.3 is 50.5 Å². The van der Waals surface area contributed by atoms with Gasteiger partial charge in [-0.3, -0.25) is 4.79 Å². The molecule has 1 aliphatic rings. The molecule has 11 heteroatoms. The maximum Gasteiger partial charge on any atom is 0.249 e. The number of nitrogens with one attached hydrogen (secondary N) is 1. The van der Waals surface area contributed by atoms with E-state index < -0.39 is 74.2 Å². The number of allylic oxidation sites excluding steroid dienone is 6. The third kappa shape index (κ3) is 26.5. The van der Waals surface area contributed by atoms with E-state index in [0.29, 0.717) is 19.3 Å². The minimum absolute atomic E-state index is 0.242. The van der Waals surface area contributed by atoms with Crippen LogP contribution in [-0.2, 0) is 14.3 Å². The lowest BCUT2D eigenvalue weighted by Gasteiger charge is -2.40. The van der Waals surface area contributed by atoms with Gasteiger partial charge in [-0.25, -0.2) is 0 Å². The normalized spacial score (nSPS) is 22.3. The summed E-state index contributed by atoms with van der Waals surface area (Å²) in [7, 11) is 0. The lowest BCUT2D eigenvalue weighted by atomic mass is 9.98. The zero-order valence-corrected chi connectivity index (χ0v) is 36.5. The number of ether oxygens (including phenoxy) is 2. The van der Waals surface area contributed by atoms with Crippen molar-refractivity contribution in [1.82, 2.24) is 5.32 Å². The Hall–Kier alpha value is -1.67. The van der Waals surface area contributed by atoms with Gasteiger partial charge in [0.1, 0.15) is 36.6 Å². The number of carbonyl (C=O) groups excluding carboxylic acids is 1. The first-order chi connectivity index (χ1) is 28.2. The molecule has 1 saturated heterocycles. The largest absolute Gasteiger partial charge is 0.394 e. The summed E-state index contributed by atoms with van der Waals surface area (Å²) in [5, 5.41) is 75.6. The first kappa shape index (κ1) is 54.3. The third-order valence-corrected chi connectivity index (χ3v) is 11.2. The zero-order chi connectivity index (χ0) is 42.6. The fourth-order valence-corrected chi connectivity index (χ4v) is 7.24. The van der Waals surface area contributed by atoms with Crippen LogP contribution in [0.4, 0.5) is 0 Å². The van der Waals surface area contributed by atoms with Crippen molar-refractivity contribution in [3.05, 3.63) is 36.5 Å². The van der Waals surface area contributed by atoms with Crippen molar-refractivity contribution in [2.75, 3.05) is 13.2 Å². The number of amides is 1. The van der Waals surface area contributed by atoms with E-state index in [0.717, 1.165) is 44.9 Å². The van der Waals surface area contributed by atoms with E-state index in [9.17, 15) is 40.5 Å². The summed E-state index contributed by atoms with van der Waals surface area (Å²) in [5.41, 5.74) is 0. The van der Waals surface area contributed by atoms with Crippen LogP contribution in [0, 0.1) is 0 Å². The molecule has 8 N–H and O–H groups in total. The average Bonchev–Trinajstić information content (AvgIpc) is 3.22. The molecular weight excluding hydrogens is 739 g/mol. The Morgan fingerprint density at radius 3 is 1.53 bits per heavy atom. The molecule has 11 nitrogen and oxygen atoms in total. The predicted octanol–water partition coefficient (Wildman–Crippen LogP) is 7.61. The Kier molecular flexibility index (Phi) is 34.8. The highest BCUT2D eigenvalue weighted by atomic mass is 16.7. The van der Waals surface area contributed by atoms with Crippen molar-refractivity contribution in [1.29, 1.82) is 0 Å². The Balaban J connectivity index is 2.50. The SMILES string of the molecule is CCCCCC/C=C/CC/C=C/CC/C=C/CCCC(O)C(O)C(COC1OC(CO)C(O)C(O)C1O)NC(=O)C(O)CCCCCCCCCCCCCCCC. The number of rotatable bonds is 38. The van der Waals surface area contributed by atoms with E-state index in [4.69, 9.17) is 9.47 Å². The molecule has 0 spiro atoms. The lowest BCUT2D eigenvalue weighted by Crippen LogP contribution is -2.60. The fraction of sp³-hybridized carbons (Fsp3) is 0.851. The molecule has 1 rings (SSSR count). The molecule has 1 aliphatic heterocycles. The van der Waals surface area contributed by atoms with Gasteiger partial charge in [-0.1, -0.05) is 159 Å². The maximum atomic E-state index is 13.1. The van der Waals surface area contributed by atoms with Crippen LogP contribution >= 0.6 is 0 Å². The molecule has 0 radical (unpaired) electrons. The van der Waals surface area contributed by atoms with Gasteiger partial charge in [-0.2, -0.15) is 0 Å². The average molecular weight is 826 g/mol. The van der Waals surface area contributed by atoms with Crippen LogP contribution in [0.3, 0.4) is 0 Å². The summed E-state index contributed by atoms with van der Waals surface area (Å²) >= 11 is 0. The van der Waals surface area contributed by atoms with Crippen molar-refractivity contribution in [3.8, 4) is 0 Å². The second-order valence-corrected chi connectivity index (χ2v) is 16.5. The van der Waals surface area contributed by atoms with Crippen molar-refractivity contribution in [3.63, 3.8) is 0 Å². The van der Waals surface area contributed by atoms with Gasteiger partial charge in [0.2, 0.25) is 5.91 Å². The van der Waals surface area contributed by atoms with Gasteiger partial charge in [0.15, 0.2) is 6.29 Å². The molecule has 9 unspecified atom stereocenters. The molecule has 1 heterocycles. The summed E-state index contributed by atoms with van der Waals surface area (Å²) in [6, 6.07) is -1.19. The molecule has 0 aliphatic carbocycles. The van der Waals surface area contributed by atoms with Gasteiger partial charge in [-0.15, -0.1) is 0 Å². The van der Waals surface area contributed by atoms with E-state index in [-0.39, 0.29) is 12.8 Å². The molecule has 1 fully saturated rings. The van der Waals surface area contributed by atoms with E-state index >= 15 is 0 Å². The molecule has 0 aromatic rings. The van der Waals surface area contributed by atoms with Crippen LogP contribution in [0.15, 0.2) is 36.5 Å². The van der Waals surface area contributed by atoms with Crippen LogP contribution in [0.5, 0.6) is 0 Å². The molecule has 1 amide bonds. The Labute approximate surface area is 352 Å². The van der Waals surface area contributed by atoms with E-state index in [1.807, 2.05) is 0 Å². The second-order valence-electron chi connectivity index (χ2n) is 16.5. The molecular formula is C47H87NO10. The number of aliphatic hydroxyl groups is 7. The Bertz CT molecular complexity index is 1040. The number of carbonyl (C=O) groups is 1.